The third-order valence-electron chi connectivity index (χ3n) is 5.50. The van der Waals surface area contributed by atoms with E-state index in [2.05, 4.69) is 29.4 Å². The quantitative estimate of drug-likeness (QED) is 0.650. The van der Waals surface area contributed by atoms with Gasteiger partial charge in [-0.25, -0.2) is 4.98 Å². The first-order valence-electron chi connectivity index (χ1n) is 9.49. The molecule has 6 heteroatoms. The van der Waals surface area contributed by atoms with Crippen LogP contribution in [0.5, 0.6) is 0 Å². The molecular formula is C23H23N3O2S. The van der Waals surface area contributed by atoms with Crippen LogP contribution < -0.4 is 5.32 Å². The van der Waals surface area contributed by atoms with E-state index in [0.29, 0.717) is 12.4 Å². The number of likely N-dealkylation sites (N-methyl/N-ethyl adjacent to an activating group) is 1. The average Bonchev–Trinajstić information content (AvgIpc) is 3.13. The number of anilines is 1. The lowest BCUT2D eigenvalue weighted by molar-refractivity contribution is -0.125. The molecule has 0 saturated carbocycles. The van der Waals surface area contributed by atoms with Gasteiger partial charge in [0.15, 0.2) is 0 Å². The van der Waals surface area contributed by atoms with Crippen molar-refractivity contribution in [2.45, 2.75) is 32.7 Å². The second kappa shape index (κ2) is 7.12. The molecule has 148 valence electrons. The molecule has 0 atom stereocenters. The van der Waals surface area contributed by atoms with Gasteiger partial charge in [-0.05, 0) is 55.5 Å². The molecule has 0 saturated heterocycles. The molecule has 3 heterocycles. The second-order valence-electron chi connectivity index (χ2n) is 7.92. The molecule has 0 spiro atoms. The van der Waals surface area contributed by atoms with E-state index in [0.717, 1.165) is 11.1 Å². The Balaban J connectivity index is 1.49. The molecule has 2 amide bonds. The Labute approximate surface area is 174 Å². The Hall–Kier alpha value is -2.99. The van der Waals surface area contributed by atoms with E-state index in [1.807, 2.05) is 39.1 Å². The average molecular weight is 406 g/mol. The minimum absolute atomic E-state index is 0.0596. The zero-order valence-electron chi connectivity index (χ0n) is 16.9. The van der Waals surface area contributed by atoms with Gasteiger partial charge in [-0.2, -0.15) is 0 Å². The standard InChI is InChI=1S/C23H23N3O2S/c1-14-16-7-5-6-8-18(16)29-19(14)13-26(4)20(27)10-9-15-11-17-21(24-12-15)25-22(28)23(17,2)3/h5-12H,13H2,1-4H3,(H,24,25,28)/b10-9+. The first-order valence-corrected chi connectivity index (χ1v) is 10.3. The van der Waals surface area contributed by atoms with Gasteiger partial charge in [-0.15, -0.1) is 11.3 Å². The number of hydrogen-bond donors (Lipinski definition) is 1. The normalized spacial score (nSPS) is 15.0. The van der Waals surface area contributed by atoms with Crippen molar-refractivity contribution in [2.75, 3.05) is 12.4 Å². The van der Waals surface area contributed by atoms with Crippen molar-refractivity contribution in [2.24, 2.45) is 0 Å². The second-order valence-corrected chi connectivity index (χ2v) is 9.05. The van der Waals surface area contributed by atoms with Crippen LogP contribution in [0.25, 0.3) is 16.2 Å². The summed E-state index contributed by atoms with van der Waals surface area (Å²) in [7, 11) is 1.81. The highest BCUT2D eigenvalue weighted by atomic mass is 32.1. The molecule has 0 bridgehead atoms. The summed E-state index contributed by atoms with van der Waals surface area (Å²) in [5, 5.41) is 4.04. The predicted molar refractivity (Wildman–Crippen MR) is 118 cm³/mol. The smallest absolute Gasteiger partial charge is 0.246 e. The minimum Gasteiger partial charge on any atom is -0.337 e. The maximum Gasteiger partial charge on any atom is 0.246 e. The third kappa shape index (κ3) is 3.44. The summed E-state index contributed by atoms with van der Waals surface area (Å²) in [5.41, 5.74) is 2.27. The van der Waals surface area contributed by atoms with E-state index in [4.69, 9.17) is 0 Å². The van der Waals surface area contributed by atoms with Gasteiger partial charge >= 0.3 is 0 Å². The predicted octanol–water partition coefficient (Wildman–Crippen LogP) is 4.51. The molecule has 5 nitrogen and oxygen atoms in total. The fourth-order valence-electron chi connectivity index (χ4n) is 3.50. The van der Waals surface area contributed by atoms with Gasteiger partial charge in [0, 0.05) is 34.5 Å². The Morgan fingerprint density at radius 2 is 2.07 bits per heavy atom. The van der Waals surface area contributed by atoms with Crippen LogP contribution in [0.2, 0.25) is 0 Å². The highest BCUT2D eigenvalue weighted by Gasteiger charge is 2.39. The third-order valence-corrected chi connectivity index (χ3v) is 6.76. The summed E-state index contributed by atoms with van der Waals surface area (Å²) >= 11 is 1.73. The van der Waals surface area contributed by atoms with Crippen LogP contribution in [-0.4, -0.2) is 28.7 Å². The highest BCUT2D eigenvalue weighted by Crippen LogP contribution is 2.36. The lowest BCUT2D eigenvalue weighted by Crippen LogP contribution is -2.26. The van der Waals surface area contributed by atoms with Crippen molar-refractivity contribution in [1.29, 1.82) is 0 Å². The number of nitrogens with one attached hydrogen (secondary N) is 1. The number of carbonyl (C=O) groups is 2. The van der Waals surface area contributed by atoms with Gasteiger partial charge in [0.25, 0.3) is 0 Å². The van der Waals surface area contributed by atoms with Crippen LogP contribution in [0.15, 0.2) is 42.6 Å². The number of aryl methyl sites for hydroxylation is 1. The Kier molecular flexibility index (Phi) is 4.74. The van der Waals surface area contributed by atoms with Crippen molar-refractivity contribution in [3.05, 3.63) is 64.2 Å². The van der Waals surface area contributed by atoms with E-state index in [1.165, 1.54) is 20.5 Å². The molecule has 2 aromatic heterocycles. The summed E-state index contributed by atoms with van der Waals surface area (Å²) in [6.07, 6.45) is 4.98. The first-order chi connectivity index (χ1) is 13.8. The number of rotatable bonds is 4. The van der Waals surface area contributed by atoms with Crippen molar-refractivity contribution in [1.82, 2.24) is 9.88 Å². The molecule has 4 rings (SSSR count). The molecule has 3 aromatic rings. The van der Waals surface area contributed by atoms with Gasteiger partial charge in [0.2, 0.25) is 11.8 Å². The monoisotopic (exact) mass is 405 g/mol. The molecule has 1 aliphatic heterocycles. The molecule has 1 aromatic carbocycles. The fraction of sp³-hybridized carbons (Fsp3) is 0.261. The van der Waals surface area contributed by atoms with E-state index >= 15 is 0 Å². The number of benzene rings is 1. The van der Waals surface area contributed by atoms with Crippen LogP contribution in [0.3, 0.4) is 0 Å². The number of nitrogens with zero attached hydrogens (tertiary/aromatic N) is 2. The van der Waals surface area contributed by atoms with Gasteiger partial charge in [0.1, 0.15) is 5.82 Å². The summed E-state index contributed by atoms with van der Waals surface area (Å²) < 4.78 is 1.24. The van der Waals surface area contributed by atoms with Crippen LogP contribution in [0.1, 0.15) is 35.4 Å². The maximum atomic E-state index is 12.6. The Morgan fingerprint density at radius 1 is 1.31 bits per heavy atom. The molecular weight excluding hydrogens is 382 g/mol. The molecule has 0 unspecified atom stereocenters. The summed E-state index contributed by atoms with van der Waals surface area (Å²) in [6.45, 7) is 6.42. The van der Waals surface area contributed by atoms with Crippen molar-refractivity contribution in [3.63, 3.8) is 0 Å². The zero-order valence-corrected chi connectivity index (χ0v) is 17.8. The van der Waals surface area contributed by atoms with E-state index in [9.17, 15) is 9.59 Å². The van der Waals surface area contributed by atoms with Crippen molar-refractivity contribution >= 4 is 45.1 Å². The van der Waals surface area contributed by atoms with Crippen LogP contribution in [0, 0.1) is 6.92 Å². The molecule has 0 fully saturated rings. The summed E-state index contributed by atoms with van der Waals surface area (Å²) in [5.74, 6) is 0.465. The molecule has 0 radical (unpaired) electrons. The SMILES string of the molecule is Cc1c(CN(C)C(=O)/C=C/c2cnc3c(c2)C(C)(C)C(=O)N3)sc2ccccc12. The molecule has 1 aliphatic rings. The van der Waals surface area contributed by atoms with E-state index in [-0.39, 0.29) is 11.8 Å². The van der Waals surface area contributed by atoms with Gasteiger partial charge in [0.05, 0.1) is 12.0 Å². The number of carbonyl (C=O) groups excluding carboxylic acids is 2. The Bertz CT molecular complexity index is 1160. The minimum atomic E-state index is -0.619. The van der Waals surface area contributed by atoms with E-state index in [1.54, 1.807) is 34.6 Å². The number of thiophene rings is 1. The molecule has 29 heavy (non-hydrogen) atoms. The summed E-state index contributed by atoms with van der Waals surface area (Å²) in [6, 6.07) is 10.2. The van der Waals surface area contributed by atoms with Crippen molar-refractivity contribution < 1.29 is 9.59 Å². The lowest BCUT2D eigenvalue weighted by Gasteiger charge is -2.15. The molecule has 1 N–H and O–H groups in total. The number of hydrogen-bond acceptors (Lipinski definition) is 4. The fourth-order valence-corrected chi connectivity index (χ4v) is 4.76. The number of amides is 2. The van der Waals surface area contributed by atoms with Gasteiger partial charge < -0.3 is 10.2 Å². The maximum absolute atomic E-state index is 12.6. The number of aromatic nitrogens is 1. The highest BCUT2D eigenvalue weighted by molar-refractivity contribution is 7.19. The van der Waals surface area contributed by atoms with Gasteiger partial charge in [-0.1, -0.05) is 18.2 Å². The van der Waals surface area contributed by atoms with Gasteiger partial charge in [-0.3, -0.25) is 9.59 Å². The topological polar surface area (TPSA) is 62.3 Å². The van der Waals surface area contributed by atoms with Crippen molar-refractivity contribution in [3.8, 4) is 0 Å². The van der Waals surface area contributed by atoms with Crippen LogP contribution in [-0.2, 0) is 21.5 Å². The largest absolute Gasteiger partial charge is 0.337 e. The first kappa shape index (κ1) is 19.3. The van der Waals surface area contributed by atoms with Crippen LogP contribution >= 0.6 is 11.3 Å². The lowest BCUT2D eigenvalue weighted by atomic mass is 9.86. The van der Waals surface area contributed by atoms with E-state index < -0.39 is 5.41 Å². The number of fused-ring (bicyclic) bond motifs is 2. The molecule has 0 aliphatic carbocycles. The van der Waals surface area contributed by atoms with Crippen LogP contribution in [0.4, 0.5) is 5.82 Å². The Morgan fingerprint density at radius 3 is 2.83 bits per heavy atom. The number of pyridine rings is 1. The zero-order chi connectivity index (χ0) is 20.8. The summed E-state index contributed by atoms with van der Waals surface area (Å²) in [4.78, 5) is 31.9.